The third-order valence-electron chi connectivity index (χ3n) is 4.75. The predicted molar refractivity (Wildman–Crippen MR) is 87.0 cm³/mol. The molecule has 1 aromatic rings. The number of rotatable bonds is 4. The van der Waals surface area contributed by atoms with Gasteiger partial charge in [-0.2, -0.15) is 0 Å². The minimum atomic E-state index is -0.556. The number of aliphatic hydroxyl groups is 1. The van der Waals surface area contributed by atoms with Gasteiger partial charge in [0.05, 0.1) is 12.1 Å². The third-order valence-corrected chi connectivity index (χ3v) is 4.75. The molecule has 122 valence electrons. The normalized spacial score (nSPS) is 23.0. The number of amides is 1. The van der Waals surface area contributed by atoms with Crippen molar-refractivity contribution in [3.05, 3.63) is 29.3 Å². The van der Waals surface area contributed by atoms with E-state index in [1.165, 1.54) is 0 Å². The highest BCUT2D eigenvalue weighted by Crippen LogP contribution is 2.25. The fourth-order valence-electron chi connectivity index (χ4n) is 3.09. The Labute approximate surface area is 133 Å². The number of aryl methyl sites for hydroxylation is 1. The predicted octanol–water partition coefficient (Wildman–Crippen LogP) is 2.83. The molecule has 0 bridgehead atoms. The smallest absolute Gasteiger partial charge is 0.263 e. The molecule has 1 fully saturated rings. The zero-order valence-electron chi connectivity index (χ0n) is 14.0. The summed E-state index contributed by atoms with van der Waals surface area (Å²) < 4.78 is 5.86. The molecule has 0 unspecified atom stereocenters. The summed E-state index contributed by atoms with van der Waals surface area (Å²) in [5.41, 5.74) is 2.20. The number of ether oxygens (including phenoxy) is 1. The van der Waals surface area contributed by atoms with Crippen LogP contribution in [0.2, 0.25) is 0 Å². The standard InChI is InChI=1S/C18H27NO3/c1-12-8-7-11-17(13(12)2)22-14(3)18(21)19(4)15-9-5-6-10-16(15)20/h7-8,11,14-16,20H,5-6,9-10H2,1-4H3/t14-,15+,16+/m1/s1. The third kappa shape index (κ3) is 3.61. The summed E-state index contributed by atoms with van der Waals surface area (Å²) >= 11 is 0. The van der Waals surface area contributed by atoms with Crippen LogP contribution in [0.15, 0.2) is 18.2 Å². The quantitative estimate of drug-likeness (QED) is 0.930. The second kappa shape index (κ2) is 7.14. The molecule has 4 heteroatoms. The van der Waals surface area contributed by atoms with Crippen LogP contribution in [0.4, 0.5) is 0 Å². The summed E-state index contributed by atoms with van der Waals surface area (Å²) in [4.78, 5) is 14.2. The summed E-state index contributed by atoms with van der Waals surface area (Å²) in [6.45, 7) is 5.80. The molecule has 1 aliphatic carbocycles. The summed E-state index contributed by atoms with van der Waals surface area (Å²) in [6, 6.07) is 5.76. The van der Waals surface area contributed by atoms with Crippen molar-refractivity contribution < 1.29 is 14.6 Å². The molecule has 0 aliphatic heterocycles. The zero-order chi connectivity index (χ0) is 16.3. The fraction of sp³-hybridized carbons (Fsp3) is 0.611. The van der Waals surface area contributed by atoms with E-state index in [0.717, 1.165) is 42.6 Å². The lowest BCUT2D eigenvalue weighted by Gasteiger charge is -2.36. The first kappa shape index (κ1) is 16.8. The summed E-state index contributed by atoms with van der Waals surface area (Å²) in [5.74, 6) is 0.672. The van der Waals surface area contributed by atoms with Gasteiger partial charge < -0.3 is 14.7 Å². The first-order valence-corrected chi connectivity index (χ1v) is 8.09. The van der Waals surface area contributed by atoms with E-state index < -0.39 is 12.2 Å². The van der Waals surface area contributed by atoms with Gasteiger partial charge in [0.2, 0.25) is 0 Å². The molecule has 1 N–H and O–H groups in total. The molecule has 1 aromatic carbocycles. The van der Waals surface area contributed by atoms with Crippen molar-refractivity contribution in [3.63, 3.8) is 0 Å². The second-order valence-electron chi connectivity index (χ2n) is 6.33. The SMILES string of the molecule is Cc1cccc(O[C@H](C)C(=O)N(C)[C@H]2CCCC[C@@H]2O)c1C. The van der Waals surface area contributed by atoms with Gasteiger partial charge in [-0.1, -0.05) is 25.0 Å². The maximum atomic E-state index is 12.6. The average molecular weight is 305 g/mol. The Morgan fingerprint density at radius 2 is 2.00 bits per heavy atom. The van der Waals surface area contributed by atoms with Crippen molar-refractivity contribution >= 4 is 5.91 Å². The van der Waals surface area contributed by atoms with Crippen molar-refractivity contribution in [2.24, 2.45) is 0 Å². The van der Waals surface area contributed by atoms with E-state index in [9.17, 15) is 9.90 Å². The topological polar surface area (TPSA) is 49.8 Å². The Morgan fingerprint density at radius 3 is 2.68 bits per heavy atom. The lowest BCUT2D eigenvalue weighted by Crippen LogP contribution is -2.50. The number of likely N-dealkylation sites (N-methyl/N-ethyl adjacent to an activating group) is 1. The van der Waals surface area contributed by atoms with E-state index in [0.29, 0.717) is 0 Å². The van der Waals surface area contributed by atoms with Crippen LogP contribution in [-0.4, -0.2) is 41.2 Å². The average Bonchev–Trinajstić information content (AvgIpc) is 2.51. The number of carbonyl (C=O) groups excluding carboxylic acids is 1. The van der Waals surface area contributed by atoms with Gasteiger partial charge in [-0.05, 0) is 50.8 Å². The van der Waals surface area contributed by atoms with Gasteiger partial charge >= 0.3 is 0 Å². The largest absolute Gasteiger partial charge is 0.481 e. The van der Waals surface area contributed by atoms with Crippen molar-refractivity contribution in [2.75, 3.05) is 7.05 Å². The Kier molecular flexibility index (Phi) is 5.46. The minimum Gasteiger partial charge on any atom is -0.481 e. The van der Waals surface area contributed by atoms with E-state index in [1.54, 1.807) is 18.9 Å². The molecule has 1 saturated carbocycles. The van der Waals surface area contributed by atoms with Crippen LogP contribution in [0, 0.1) is 13.8 Å². The van der Waals surface area contributed by atoms with E-state index in [2.05, 4.69) is 0 Å². The summed E-state index contributed by atoms with van der Waals surface area (Å²) in [7, 11) is 1.77. The lowest BCUT2D eigenvalue weighted by molar-refractivity contribution is -0.142. The number of hydrogen-bond acceptors (Lipinski definition) is 3. The highest BCUT2D eigenvalue weighted by molar-refractivity contribution is 5.81. The van der Waals surface area contributed by atoms with Crippen LogP contribution in [0.25, 0.3) is 0 Å². The monoisotopic (exact) mass is 305 g/mol. The Morgan fingerprint density at radius 1 is 1.32 bits per heavy atom. The van der Waals surface area contributed by atoms with Gasteiger partial charge in [0.1, 0.15) is 5.75 Å². The number of benzene rings is 1. The molecule has 0 spiro atoms. The number of hydrogen-bond donors (Lipinski definition) is 1. The van der Waals surface area contributed by atoms with E-state index in [-0.39, 0.29) is 11.9 Å². The second-order valence-corrected chi connectivity index (χ2v) is 6.33. The van der Waals surface area contributed by atoms with Crippen LogP contribution in [0.3, 0.4) is 0 Å². The highest BCUT2D eigenvalue weighted by atomic mass is 16.5. The molecule has 0 radical (unpaired) electrons. The fourth-order valence-corrected chi connectivity index (χ4v) is 3.09. The lowest BCUT2D eigenvalue weighted by atomic mass is 9.91. The van der Waals surface area contributed by atoms with Gasteiger partial charge in [-0.15, -0.1) is 0 Å². The van der Waals surface area contributed by atoms with Crippen LogP contribution in [0.5, 0.6) is 5.75 Å². The maximum Gasteiger partial charge on any atom is 0.263 e. The van der Waals surface area contributed by atoms with Crippen molar-refractivity contribution in [1.82, 2.24) is 4.90 Å². The number of aliphatic hydroxyl groups excluding tert-OH is 1. The number of carbonyl (C=O) groups is 1. The van der Waals surface area contributed by atoms with Gasteiger partial charge in [-0.25, -0.2) is 0 Å². The van der Waals surface area contributed by atoms with Crippen LogP contribution < -0.4 is 4.74 Å². The minimum absolute atomic E-state index is 0.0770. The van der Waals surface area contributed by atoms with Crippen molar-refractivity contribution in [3.8, 4) is 5.75 Å². The molecule has 3 atom stereocenters. The van der Waals surface area contributed by atoms with Crippen LogP contribution in [0.1, 0.15) is 43.7 Å². The first-order chi connectivity index (χ1) is 10.4. The molecule has 2 rings (SSSR count). The first-order valence-electron chi connectivity index (χ1n) is 8.09. The molecular weight excluding hydrogens is 278 g/mol. The maximum absolute atomic E-state index is 12.6. The van der Waals surface area contributed by atoms with E-state index in [4.69, 9.17) is 4.74 Å². The molecule has 1 amide bonds. The summed E-state index contributed by atoms with van der Waals surface area (Å²) in [5, 5.41) is 10.1. The van der Waals surface area contributed by atoms with Crippen LogP contribution in [-0.2, 0) is 4.79 Å². The zero-order valence-corrected chi connectivity index (χ0v) is 14.0. The van der Waals surface area contributed by atoms with Gasteiger partial charge in [-0.3, -0.25) is 4.79 Å². The number of nitrogens with zero attached hydrogens (tertiary/aromatic N) is 1. The molecule has 0 saturated heterocycles. The Hall–Kier alpha value is -1.55. The van der Waals surface area contributed by atoms with Gasteiger partial charge in [0, 0.05) is 7.05 Å². The van der Waals surface area contributed by atoms with Crippen molar-refractivity contribution in [2.45, 2.75) is 64.7 Å². The highest BCUT2D eigenvalue weighted by Gasteiger charge is 2.32. The Balaban J connectivity index is 2.03. The summed E-state index contributed by atoms with van der Waals surface area (Å²) in [6.07, 6.45) is 2.75. The molecule has 0 heterocycles. The van der Waals surface area contributed by atoms with Gasteiger partial charge in [0.25, 0.3) is 5.91 Å². The van der Waals surface area contributed by atoms with Crippen LogP contribution >= 0.6 is 0 Å². The molecular formula is C18H27NO3. The molecule has 4 nitrogen and oxygen atoms in total. The van der Waals surface area contributed by atoms with E-state index in [1.807, 2.05) is 32.0 Å². The van der Waals surface area contributed by atoms with Gasteiger partial charge in [0.15, 0.2) is 6.10 Å². The Bertz CT molecular complexity index is 529. The van der Waals surface area contributed by atoms with Crippen molar-refractivity contribution in [1.29, 1.82) is 0 Å². The molecule has 22 heavy (non-hydrogen) atoms. The van der Waals surface area contributed by atoms with E-state index >= 15 is 0 Å². The molecule has 0 aromatic heterocycles. The molecule has 1 aliphatic rings.